The van der Waals surface area contributed by atoms with Crippen molar-refractivity contribution in [1.82, 2.24) is 0 Å². The molecule has 14 heavy (non-hydrogen) atoms. The second kappa shape index (κ2) is 4.56. The highest BCUT2D eigenvalue weighted by atomic mass is 16.3. The number of aliphatic hydroxyl groups is 1. The summed E-state index contributed by atoms with van der Waals surface area (Å²) < 4.78 is 0. The van der Waals surface area contributed by atoms with E-state index in [0.29, 0.717) is 5.92 Å². The van der Waals surface area contributed by atoms with E-state index in [9.17, 15) is 9.90 Å². The molecule has 0 aromatic carbocycles. The number of rotatable bonds is 2. The standard InChI is InChI=1S/C12H18O2/c1-8-6-11(14)7-9(2)12(8)5-4-10(3)13/h4-5,8,11,14H,6-7H2,1-3H3/b5-4+. The number of aliphatic hydroxyl groups excluding tert-OH is 1. The minimum atomic E-state index is -0.209. The molecule has 0 saturated heterocycles. The van der Waals surface area contributed by atoms with E-state index in [1.165, 1.54) is 11.1 Å². The molecule has 2 atom stereocenters. The molecule has 1 N–H and O–H groups in total. The highest BCUT2D eigenvalue weighted by Gasteiger charge is 2.21. The maximum atomic E-state index is 10.8. The smallest absolute Gasteiger partial charge is 0.152 e. The summed E-state index contributed by atoms with van der Waals surface area (Å²) in [5.74, 6) is 0.429. The largest absolute Gasteiger partial charge is 0.393 e. The number of allylic oxidation sites excluding steroid dienone is 3. The summed E-state index contributed by atoms with van der Waals surface area (Å²) in [5.41, 5.74) is 2.42. The van der Waals surface area contributed by atoms with Crippen LogP contribution < -0.4 is 0 Å². The predicted octanol–water partition coefficient (Wildman–Crippen LogP) is 2.24. The van der Waals surface area contributed by atoms with Crippen molar-refractivity contribution in [2.24, 2.45) is 5.92 Å². The first kappa shape index (κ1) is 11.2. The predicted molar refractivity (Wildman–Crippen MR) is 56.9 cm³/mol. The topological polar surface area (TPSA) is 37.3 Å². The third-order valence-electron chi connectivity index (χ3n) is 2.69. The summed E-state index contributed by atoms with van der Waals surface area (Å²) >= 11 is 0. The summed E-state index contributed by atoms with van der Waals surface area (Å²) in [6.07, 6.45) is 4.83. The van der Waals surface area contributed by atoms with E-state index in [4.69, 9.17) is 0 Å². The Morgan fingerprint density at radius 1 is 1.57 bits per heavy atom. The van der Waals surface area contributed by atoms with E-state index in [1.54, 1.807) is 13.0 Å². The van der Waals surface area contributed by atoms with E-state index in [0.717, 1.165) is 12.8 Å². The lowest BCUT2D eigenvalue weighted by atomic mass is 9.82. The third kappa shape index (κ3) is 2.81. The summed E-state index contributed by atoms with van der Waals surface area (Å²) in [6.45, 7) is 5.67. The highest BCUT2D eigenvalue weighted by molar-refractivity contribution is 5.87. The number of ketones is 1. The van der Waals surface area contributed by atoms with Crippen LogP contribution >= 0.6 is 0 Å². The lowest BCUT2D eigenvalue weighted by molar-refractivity contribution is -0.112. The van der Waals surface area contributed by atoms with Crippen LogP contribution in [0.3, 0.4) is 0 Å². The molecule has 0 aromatic rings. The van der Waals surface area contributed by atoms with Crippen LogP contribution in [-0.4, -0.2) is 17.0 Å². The van der Waals surface area contributed by atoms with E-state index >= 15 is 0 Å². The highest BCUT2D eigenvalue weighted by Crippen LogP contribution is 2.30. The second-order valence-corrected chi connectivity index (χ2v) is 4.17. The van der Waals surface area contributed by atoms with Gasteiger partial charge in [0.15, 0.2) is 5.78 Å². The van der Waals surface area contributed by atoms with Crippen LogP contribution in [0.15, 0.2) is 23.3 Å². The van der Waals surface area contributed by atoms with Gasteiger partial charge in [-0.3, -0.25) is 4.79 Å². The number of hydrogen-bond acceptors (Lipinski definition) is 2. The van der Waals surface area contributed by atoms with Gasteiger partial charge in [0.2, 0.25) is 0 Å². The molecule has 0 radical (unpaired) electrons. The zero-order chi connectivity index (χ0) is 10.7. The molecular weight excluding hydrogens is 176 g/mol. The lowest BCUT2D eigenvalue weighted by Gasteiger charge is -2.26. The Morgan fingerprint density at radius 3 is 2.71 bits per heavy atom. The van der Waals surface area contributed by atoms with Crippen LogP contribution in [0, 0.1) is 5.92 Å². The molecule has 2 nitrogen and oxygen atoms in total. The first-order valence-electron chi connectivity index (χ1n) is 5.07. The van der Waals surface area contributed by atoms with Gasteiger partial charge in [0, 0.05) is 0 Å². The maximum absolute atomic E-state index is 10.8. The second-order valence-electron chi connectivity index (χ2n) is 4.17. The normalized spacial score (nSPS) is 28.6. The van der Waals surface area contributed by atoms with Crippen molar-refractivity contribution in [3.63, 3.8) is 0 Å². The van der Waals surface area contributed by atoms with Crippen molar-refractivity contribution in [3.05, 3.63) is 23.3 Å². The monoisotopic (exact) mass is 194 g/mol. The van der Waals surface area contributed by atoms with Crippen molar-refractivity contribution in [3.8, 4) is 0 Å². The van der Waals surface area contributed by atoms with Crippen molar-refractivity contribution in [2.45, 2.75) is 39.7 Å². The Morgan fingerprint density at radius 2 is 2.21 bits per heavy atom. The maximum Gasteiger partial charge on any atom is 0.152 e. The molecule has 0 bridgehead atoms. The van der Waals surface area contributed by atoms with Crippen molar-refractivity contribution >= 4 is 5.78 Å². The van der Waals surface area contributed by atoms with E-state index < -0.39 is 0 Å². The molecule has 2 unspecified atom stereocenters. The molecule has 78 valence electrons. The van der Waals surface area contributed by atoms with Crippen molar-refractivity contribution < 1.29 is 9.90 Å². The van der Waals surface area contributed by atoms with E-state index in [2.05, 4.69) is 6.92 Å². The zero-order valence-corrected chi connectivity index (χ0v) is 9.08. The van der Waals surface area contributed by atoms with Gasteiger partial charge in [-0.05, 0) is 44.3 Å². The fourth-order valence-corrected chi connectivity index (χ4v) is 2.02. The fraction of sp³-hybridized carbons (Fsp3) is 0.583. The summed E-state index contributed by atoms with van der Waals surface area (Å²) in [7, 11) is 0. The van der Waals surface area contributed by atoms with Gasteiger partial charge >= 0.3 is 0 Å². The van der Waals surface area contributed by atoms with Gasteiger partial charge in [-0.2, -0.15) is 0 Å². The Labute approximate surface area is 85.3 Å². The minimum Gasteiger partial charge on any atom is -0.393 e. The minimum absolute atomic E-state index is 0.0728. The van der Waals surface area contributed by atoms with E-state index in [1.807, 2.05) is 13.0 Å². The van der Waals surface area contributed by atoms with E-state index in [-0.39, 0.29) is 11.9 Å². The van der Waals surface area contributed by atoms with Gasteiger partial charge in [-0.1, -0.05) is 18.6 Å². The zero-order valence-electron chi connectivity index (χ0n) is 9.08. The summed E-state index contributed by atoms with van der Waals surface area (Å²) in [6, 6.07) is 0. The van der Waals surface area contributed by atoms with Gasteiger partial charge in [0.1, 0.15) is 0 Å². The molecule has 1 aliphatic rings. The van der Waals surface area contributed by atoms with Crippen LogP contribution in [0.25, 0.3) is 0 Å². The first-order valence-corrected chi connectivity index (χ1v) is 5.07. The molecular formula is C12H18O2. The molecule has 0 spiro atoms. The fourth-order valence-electron chi connectivity index (χ4n) is 2.02. The van der Waals surface area contributed by atoms with Crippen LogP contribution in [0.1, 0.15) is 33.6 Å². The number of carbonyl (C=O) groups is 1. The van der Waals surface area contributed by atoms with Crippen molar-refractivity contribution in [1.29, 1.82) is 0 Å². The van der Waals surface area contributed by atoms with Crippen LogP contribution in [0.5, 0.6) is 0 Å². The quantitative estimate of drug-likeness (QED) is 0.684. The van der Waals surface area contributed by atoms with Gasteiger partial charge in [-0.25, -0.2) is 0 Å². The molecule has 0 aliphatic heterocycles. The average molecular weight is 194 g/mol. The lowest BCUT2D eigenvalue weighted by Crippen LogP contribution is -2.19. The summed E-state index contributed by atoms with van der Waals surface area (Å²) in [4.78, 5) is 10.8. The van der Waals surface area contributed by atoms with Gasteiger partial charge in [-0.15, -0.1) is 0 Å². The molecule has 0 saturated carbocycles. The Bertz CT molecular complexity index is 287. The molecule has 0 amide bonds. The van der Waals surface area contributed by atoms with Crippen LogP contribution in [-0.2, 0) is 4.79 Å². The third-order valence-corrected chi connectivity index (χ3v) is 2.69. The van der Waals surface area contributed by atoms with Crippen molar-refractivity contribution in [2.75, 3.05) is 0 Å². The van der Waals surface area contributed by atoms with Gasteiger partial charge < -0.3 is 5.11 Å². The van der Waals surface area contributed by atoms with Gasteiger partial charge in [0.25, 0.3) is 0 Å². The molecule has 1 aliphatic carbocycles. The molecule has 2 heteroatoms. The molecule has 1 rings (SSSR count). The Kier molecular flexibility index (Phi) is 3.64. The Hall–Kier alpha value is -0.890. The number of hydrogen-bond donors (Lipinski definition) is 1. The molecule has 0 heterocycles. The Balaban J connectivity index is 2.84. The van der Waals surface area contributed by atoms with Crippen LogP contribution in [0.4, 0.5) is 0 Å². The average Bonchev–Trinajstić information content (AvgIpc) is 2.01. The molecule has 0 fully saturated rings. The number of carbonyl (C=O) groups excluding carboxylic acids is 1. The summed E-state index contributed by atoms with van der Waals surface area (Å²) in [5, 5.41) is 9.52. The first-order chi connectivity index (χ1) is 6.50. The SMILES string of the molecule is CC(=O)/C=C/C1=C(C)CC(O)CC1C. The van der Waals surface area contributed by atoms with Crippen LogP contribution in [0.2, 0.25) is 0 Å². The van der Waals surface area contributed by atoms with Gasteiger partial charge in [0.05, 0.1) is 6.10 Å². The molecule has 0 aromatic heterocycles.